The number of nitrogens with zero attached hydrogens (tertiary/aromatic N) is 3. The maximum Gasteiger partial charge on any atom is 0.490 e. The van der Waals surface area contributed by atoms with Gasteiger partial charge < -0.3 is 29.0 Å². The number of hydrogen-bond acceptors (Lipinski definition) is 13. The zero-order valence-electron chi connectivity index (χ0n) is 40.1. The molecular formula is C51H55BBrF2N5O8S2. The molecule has 8 rings (SSSR count). The summed E-state index contributed by atoms with van der Waals surface area (Å²) in [6, 6.07) is 13.3. The third-order valence-corrected chi connectivity index (χ3v) is 13.5. The smallest absolute Gasteiger partial charge is 0.444 e. The van der Waals surface area contributed by atoms with Crippen LogP contribution in [0.25, 0.3) is 11.1 Å². The van der Waals surface area contributed by atoms with Gasteiger partial charge in [0.15, 0.2) is 10.9 Å². The lowest BCUT2D eigenvalue weighted by Gasteiger charge is -2.36. The van der Waals surface area contributed by atoms with E-state index in [1.807, 2.05) is 32.9 Å². The monoisotopic (exact) mass is 1060 g/mol. The Labute approximate surface area is 425 Å². The fourth-order valence-corrected chi connectivity index (χ4v) is 10.6. The van der Waals surface area contributed by atoms with E-state index < -0.39 is 47.7 Å². The van der Waals surface area contributed by atoms with Gasteiger partial charge in [0.25, 0.3) is 0 Å². The molecule has 13 nitrogen and oxygen atoms in total. The molecule has 0 bridgehead atoms. The Morgan fingerprint density at radius 3 is 2.04 bits per heavy atom. The fourth-order valence-electron chi connectivity index (χ4n) is 7.91. The number of ether oxygens (including phenoxy) is 4. The predicted molar refractivity (Wildman–Crippen MR) is 274 cm³/mol. The maximum absolute atomic E-state index is 15.2. The fraction of sp³-hybridized carbons (Fsp3) is 0.392. The Morgan fingerprint density at radius 2 is 1.37 bits per heavy atom. The second-order valence-electron chi connectivity index (χ2n) is 18.4. The molecule has 4 aromatic rings. The van der Waals surface area contributed by atoms with Gasteiger partial charge in [-0.15, -0.1) is 23.6 Å². The molecule has 2 amide bonds. The van der Waals surface area contributed by atoms with Gasteiger partial charge in [-0.2, -0.15) is 0 Å². The Kier molecular flexibility index (Phi) is 18.0. The number of amides is 2. The molecule has 4 N–H and O–H groups in total. The molecule has 0 spiro atoms. The second kappa shape index (κ2) is 23.3. The number of thioether (sulfide) groups is 2. The van der Waals surface area contributed by atoms with Crippen molar-refractivity contribution in [1.82, 2.24) is 20.6 Å². The van der Waals surface area contributed by atoms with Crippen LogP contribution >= 0.6 is 39.5 Å². The number of rotatable bonds is 5. The summed E-state index contributed by atoms with van der Waals surface area (Å²) in [5.74, 6) is 12.1. The molecule has 0 unspecified atom stereocenters. The van der Waals surface area contributed by atoms with Crippen molar-refractivity contribution in [2.75, 3.05) is 24.7 Å². The summed E-state index contributed by atoms with van der Waals surface area (Å²) < 4.78 is 53.3. The van der Waals surface area contributed by atoms with Crippen LogP contribution in [0.5, 0.6) is 0 Å². The average molecular weight is 1060 g/mol. The van der Waals surface area contributed by atoms with Gasteiger partial charge in [-0.3, -0.25) is 20.6 Å². The number of nitrogens with one attached hydrogen (secondary N) is 2. The summed E-state index contributed by atoms with van der Waals surface area (Å²) in [6.45, 7) is 15.3. The Bertz CT molecular complexity index is 2770. The van der Waals surface area contributed by atoms with E-state index in [2.05, 4.69) is 60.2 Å². The van der Waals surface area contributed by atoms with Gasteiger partial charge in [0.1, 0.15) is 28.4 Å². The van der Waals surface area contributed by atoms with Gasteiger partial charge in [-0.1, -0.05) is 45.6 Å². The molecule has 4 aliphatic rings. The lowest BCUT2D eigenvalue weighted by Crippen LogP contribution is -2.42. The van der Waals surface area contributed by atoms with E-state index in [1.54, 1.807) is 83.5 Å². The van der Waals surface area contributed by atoms with Crippen molar-refractivity contribution >= 4 is 69.4 Å². The molecule has 2 fully saturated rings. The van der Waals surface area contributed by atoms with Gasteiger partial charge >= 0.3 is 19.3 Å². The minimum absolute atomic E-state index is 0.0214. The molecule has 70 heavy (non-hydrogen) atoms. The summed E-state index contributed by atoms with van der Waals surface area (Å²) in [5.41, 5.74) is 0.993. The van der Waals surface area contributed by atoms with Crippen LogP contribution < -0.4 is 16.1 Å². The number of aromatic nitrogens is 2. The van der Waals surface area contributed by atoms with Crippen molar-refractivity contribution < 1.29 is 47.4 Å². The first-order chi connectivity index (χ1) is 33.1. The van der Waals surface area contributed by atoms with Crippen LogP contribution in [0.1, 0.15) is 90.5 Å². The number of fused-ring (bicyclic) bond motifs is 2. The Balaban J connectivity index is 0.000000191. The van der Waals surface area contributed by atoms with Gasteiger partial charge in [-0.25, -0.2) is 23.4 Å². The standard InChI is InChI=1S/C25H26FN3O3S.C18H21BrFNO3S.C8H8BNO2/c1-5-6-16-11-18(14-27-13-16)17-7-8-21(26)20(12-17)25-19(9-10-31-25)15-33-22(29-25)28-23(30)32-24(2,3)4;1-17(2,3)24-16(22)21-15-9-18(11(10-25-15)6-7-23-18)13-8-12(19)4-5-14(13)20;1-2-3-7-4-8(9(11)12)6-10-5-7/h7-8,11-14,19H,9-10,15H2,1-4H3,(H,28,29,30);4-5,8-9,11H,6-7,10H2,1-3H3,(H,21,22);4-6,11-12H,1H3/t19-,25+;11-,18+;/m00./s1. The number of benzene rings is 2. The van der Waals surface area contributed by atoms with Crippen molar-refractivity contribution in [1.29, 1.82) is 0 Å². The van der Waals surface area contributed by atoms with Gasteiger partial charge in [0.2, 0.25) is 0 Å². The summed E-state index contributed by atoms with van der Waals surface area (Å²) in [7, 11) is -1.48. The van der Waals surface area contributed by atoms with E-state index in [1.165, 1.54) is 41.9 Å². The Morgan fingerprint density at radius 1 is 0.771 bits per heavy atom. The van der Waals surface area contributed by atoms with Crippen LogP contribution in [0.2, 0.25) is 0 Å². The van der Waals surface area contributed by atoms with E-state index in [0.717, 1.165) is 39.8 Å². The first-order valence-corrected chi connectivity index (χ1v) is 25.1. The molecule has 2 aromatic carbocycles. The van der Waals surface area contributed by atoms with Crippen molar-refractivity contribution in [3.05, 3.63) is 123 Å². The normalized spacial score (nSPS) is 21.1. The number of halogens is 3. The zero-order valence-corrected chi connectivity index (χ0v) is 43.3. The number of carbonyl (C=O) groups is 2. The highest BCUT2D eigenvalue weighted by atomic mass is 79.9. The van der Waals surface area contributed by atoms with Crippen LogP contribution in [0, 0.1) is 47.2 Å². The molecule has 19 heteroatoms. The average Bonchev–Trinajstić information content (AvgIpc) is 3.92. The highest BCUT2D eigenvalue weighted by molar-refractivity contribution is 9.10. The molecule has 6 heterocycles. The molecule has 2 aromatic heterocycles. The van der Waals surface area contributed by atoms with Crippen LogP contribution in [0.3, 0.4) is 0 Å². The number of carbonyl (C=O) groups excluding carboxylic acids is 2. The topological polar surface area (TPSA) is 174 Å². The quantitative estimate of drug-likeness (QED) is 0.111. The number of amidine groups is 1. The van der Waals surface area contributed by atoms with Gasteiger partial charge in [0, 0.05) is 92.5 Å². The molecular weight excluding hydrogens is 1000 g/mol. The first-order valence-electron chi connectivity index (χ1n) is 22.4. The molecule has 0 aliphatic carbocycles. The summed E-state index contributed by atoms with van der Waals surface area (Å²) in [5, 5.41) is 24.0. The van der Waals surface area contributed by atoms with Crippen molar-refractivity contribution in [2.24, 2.45) is 16.8 Å². The summed E-state index contributed by atoms with van der Waals surface area (Å²) >= 11 is 6.35. The number of pyridine rings is 2. The SMILES string of the molecule is CC#Cc1cncc(-c2ccc(F)c([C@@]34N=C(NC(=O)OC(C)(C)C)SC[C@@H]3CCO4)c2)c1.CC#Cc1cncc(B(O)O)c1.CC(C)(C)OC(=O)NC1=C[C@@]2(c3cc(Br)ccc3F)OCC[C@H]2CS1. The van der Waals surface area contributed by atoms with Crippen LogP contribution in [-0.4, -0.2) is 80.4 Å². The maximum atomic E-state index is 15.2. The van der Waals surface area contributed by atoms with Gasteiger partial charge in [-0.05, 0) is 122 Å². The number of hydrogen-bond donors (Lipinski definition) is 4. The minimum atomic E-state index is -1.48. The van der Waals surface area contributed by atoms with E-state index >= 15 is 4.39 Å². The highest BCUT2D eigenvalue weighted by Crippen LogP contribution is 2.51. The van der Waals surface area contributed by atoms with Crippen molar-refractivity contribution in [2.45, 2.75) is 90.8 Å². The molecule has 0 saturated carbocycles. The molecule has 2 saturated heterocycles. The number of alkyl carbamates (subject to hydrolysis) is 2. The third-order valence-electron chi connectivity index (χ3n) is 10.8. The largest absolute Gasteiger partial charge is 0.490 e. The highest BCUT2D eigenvalue weighted by Gasteiger charge is 2.51. The molecule has 0 radical (unpaired) electrons. The van der Waals surface area contributed by atoms with Gasteiger partial charge in [0.05, 0.1) is 11.6 Å². The lowest BCUT2D eigenvalue weighted by atomic mass is 9.81. The minimum Gasteiger partial charge on any atom is -0.444 e. The third kappa shape index (κ3) is 14.0. The van der Waals surface area contributed by atoms with E-state index in [-0.39, 0.29) is 17.7 Å². The van der Waals surface area contributed by atoms with Crippen molar-refractivity contribution in [3.8, 4) is 34.8 Å². The van der Waals surface area contributed by atoms with Crippen LogP contribution in [0.4, 0.5) is 18.4 Å². The lowest BCUT2D eigenvalue weighted by molar-refractivity contribution is -0.0173. The summed E-state index contributed by atoms with van der Waals surface area (Å²) in [6.07, 6.45) is 8.69. The van der Waals surface area contributed by atoms with Crippen molar-refractivity contribution in [3.63, 3.8) is 0 Å². The van der Waals surface area contributed by atoms with Crippen LogP contribution in [-0.2, 0) is 30.3 Å². The Hall–Kier alpha value is -5.25. The first kappa shape index (κ1) is 54.1. The number of aliphatic imine (C=N–C) groups is 1. The zero-order chi connectivity index (χ0) is 50.9. The van der Waals surface area contributed by atoms with E-state index in [9.17, 15) is 14.0 Å². The van der Waals surface area contributed by atoms with E-state index in [4.69, 9.17) is 34.0 Å². The molecule has 4 aliphatic heterocycles. The second-order valence-corrected chi connectivity index (χ2v) is 21.4. The predicted octanol–water partition coefficient (Wildman–Crippen LogP) is 9.14. The van der Waals surface area contributed by atoms with Crippen LogP contribution in [0.15, 0.2) is 93.9 Å². The molecule has 368 valence electrons. The van der Waals surface area contributed by atoms with E-state index in [0.29, 0.717) is 51.3 Å². The molecule has 4 atom stereocenters. The summed E-state index contributed by atoms with van der Waals surface area (Å²) in [4.78, 5) is 37.2.